The van der Waals surface area contributed by atoms with Gasteiger partial charge in [0, 0.05) is 22.2 Å². The molecule has 0 aliphatic heterocycles. The third-order valence-corrected chi connectivity index (χ3v) is 3.61. The van der Waals surface area contributed by atoms with Crippen molar-refractivity contribution < 1.29 is 4.79 Å². The van der Waals surface area contributed by atoms with Gasteiger partial charge in [0.15, 0.2) is 0 Å². The molecule has 0 aliphatic rings. The molecule has 0 fully saturated rings. The summed E-state index contributed by atoms with van der Waals surface area (Å²) >= 11 is 12.0. The predicted molar refractivity (Wildman–Crippen MR) is 78.8 cm³/mol. The van der Waals surface area contributed by atoms with E-state index in [2.05, 4.69) is 5.32 Å². The van der Waals surface area contributed by atoms with Gasteiger partial charge in [0.25, 0.3) is 5.91 Å². The standard InChI is InChI=1S/C15H13Cl2NO/c1-10-6-7-11(8-14(10)17)15(19)18-9-12-4-2-3-5-13(12)16/h2-8H,9H2,1H3,(H,18,19). The molecular weight excluding hydrogens is 281 g/mol. The summed E-state index contributed by atoms with van der Waals surface area (Å²) < 4.78 is 0. The number of halogens is 2. The fraction of sp³-hybridized carbons (Fsp3) is 0.133. The van der Waals surface area contributed by atoms with Crippen molar-refractivity contribution in [2.75, 3.05) is 0 Å². The van der Waals surface area contributed by atoms with Gasteiger partial charge in [0.2, 0.25) is 0 Å². The van der Waals surface area contributed by atoms with Crippen molar-refractivity contribution in [3.05, 3.63) is 69.2 Å². The molecule has 0 saturated heterocycles. The number of nitrogens with one attached hydrogen (secondary N) is 1. The van der Waals surface area contributed by atoms with Crippen LogP contribution in [0.25, 0.3) is 0 Å². The number of hydrogen-bond acceptors (Lipinski definition) is 1. The van der Waals surface area contributed by atoms with Crippen molar-refractivity contribution in [2.24, 2.45) is 0 Å². The minimum atomic E-state index is -0.165. The molecule has 19 heavy (non-hydrogen) atoms. The lowest BCUT2D eigenvalue weighted by Gasteiger charge is -2.08. The van der Waals surface area contributed by atoms with Gasteiger partial charge < -0.3 is 5.32 Å². The van der Waals surface area contributed by atoms with E-state index in [4.69, 9.17) is 23.2 Å². The topological polar surface area (TPSA) is 29.1 Å². The summed E-state index contributed by atoms with van der Waals surface area (Å²) in [6.07, 6.45) is 0. The van der Waals surface area contributed by atoms with Crippen molar-refractivity contribution in [1.29, 1.82) is 0 Å². The third-order valence-electron chi connectivity index (χ3n) is 2.83. The van der Waals surface area contributed by atoms with Gasteiger partial charge in [-0.1, -0.05) is 47.5 Å². The van der Waals surface area contributed by atoms with Gasteiger partial charge >= 0.3 is 0 Å². The molecule has 4 heteroatoms. The molecule has 2 rings (SSSR count). The molecule has 0 aromatic heterocycles. The molecule has 0 heterocycles. The van der Waals surface area contributed by atoms with E-state index in [-0.39, 0.29) is 5.91 Å². The summed E-state index contributed by atoms with van der Waals surface area (Å²) in [6.45, 7) is 2.29. The van der Waals surface area contributed by atoms with Crippen molar-refractivity contribution in [2.45, 2.75) is 13.5 Å². The largest absolute Gasteiger partial charge is 0.348 e. The highest BCUT2D eigenvalue weighted by molar-refractivity contribution is 6.32. The molecule has 98 valence electrons. The first-order valence-corrected chi connectivity index (χ1v) is 6.61. The summed E-state index contributed by atoms with van der Waals surface area (Å²) in [4.78, 5) is 12.0. The highest BCUT2D eigenvalue weighted by Crippen LogP contribution is 2.17. The quantitative estimate of drug-likeness (QED) is 0.901. The lowest BCUT2D eigenvalue weighted by Crippen LogP contribution is -2.22. The molecule has 0 saturated carbocycles. The second-order valence-corrected chi connectivity index (χ2v) is 5.05. The number of rotatable bonds is 3. The zero-order chi connectivity index (χ0) is 13.8. The molecule has 0 atom stereocenters. The minimum absolute atomic E-state index is 0.165. The zero-order valence-electron chi connectivity index (χ0n) is 10.4. The van der Waals surface area contributed by atoms with E-state index in [9.17, 15) is 4.79 Å². The molecule has 0 spiro atoms. The Morgan fingerprint density at radius 2 is 1.84 bits per heavy atom. The van der Waals surface area contributed by atoms with Crippen LogP contribution >= 0.6 is 23.2 Å². The Labute approximate surface area is 122 Å². The van der Waals surface area contributed by atoms with Crippen LogP contribution in [0, 0.1) is 6.92 Å². The maximum atomic E-state index is 12.0. The van der Waals surface area contributed by atoms with E-state index in [0.29, 0.717) is 22.2 Å². The molecule has 0 aliphatic carbocycles. The Morgan fingerprint density at radius 3 is 2.53 bits per heavy atom. The van der Waals surface area contributed by atoms with Gasteiger partial charge in [-0.3, -0.25) is 4.79 Å². The lowest BCUT2D eigenvalue weighted by molar-refractivity contribution is 0.0951. The predicted octanol–water partition coefficient (Wildman–Crippen LogP) is 4.23. The van der Waals surface area contributed by atoms with Gasteiger partial charge in [-0.15, -0.1) is 0 Å². The third kappa shape index (κ3) is 3.49. The van der Waals surface area contributed by atoms with Crippen LogP contribution in [0.3, 0.4) is 0 Å². The lowest BCUT2D eigenvalue weighted by atomic mass is 10.1. The second-order valence-electron chi connectivity index (χ2n) is 4.24. The molecule has 1 N–H and O–H groups in total. The maximum absolute atomic E-state index is 12.0. The summed E-state index contributed by atoms with van der Waals surface area (Å²) in [7, 11) is 0. The summed E-state index contributed by atoms with van der Waals surface area (Å²) in [5.41, 5.74) is 2.38. The highest BCUT2D eigenvalue weighted by Gasteiger charge is 2.08. The summed E-state index contributed by atoms with van der Waals surface area (Å²) in [5, 5.41) is 4.05. The first-order chi connectivity index (χ1) is 9.08. The molecule has 1 amide bonds. The van der Waals surface area contributed by atoms with E-state index in [1.165, 1.54) is 0 Å². The Kier molecular flexibility index (Phi) is 4.46. The van der Waals surface area contributed by atoms with Crippen LogP contribution in [-0.4, -0.2) is 5.91 Å². The number of carbonyl (C=O) groups is 1. The van der Waals surface area contributed by atoms with E-state index < -0.39 is 0 Å². The number of aryl methyl sites for hydroxylation is 1. The number of hydrogen-bond donors (Lipinski definition) is 1. The van der Waals surface area contributed by atoms with Gasteiger partial charge in [0.05, 0.1) is 0 Å². The van der Waals surface area contributed by atoms with Crippen LogP contribution < -0.4 is 5.32 Å². The van der Waals surface area contributed by atoms with E-state index in [1.54, 1.807) is 18.2 Å². The molecule has 2 aromatic rings. The average molecular weight is 294 g/mol. The molecule has 2 nitrogen and oxygen atoms in total. The van der Waals surface area contributed by atoms with Crippen LogP contribution in [0.1, 0.15) is 21.5 Å². The zero-order valence-corrected chi connectivity index (χ0v) is 11.9. The number of carbonyl (C=O) groups excluding carboxylic acids is 1. The first-order valence-electron chi connectivity index (χ1n) is 5.85. The molecule has 0 radical (unpaired) electrons. The van der Waals surface area contributed by atoms with Crippen LogP contribution in [-0.2, 0) is 6.54 Å². The normalized spacial score (nSPS) is 10.3. The molecular formula is C15H13Cl2NO. The molecule has 2 aromatic carbocycles. The van der Waals surface area contributed by atoms with Gasteiger partial charge in [-0.05, 0) is 36.2 Å². The number of benzene rings is 2. The van der Waals surface area contributed by atoms with Crippen molar-refractivity contribution >= 4 is 29.1 Å². The monoisotopic (exact) mass is 293 g/mol. The van der Waals surface area contributed by atoms with E-state index in [1.807, 2.05) is 31.2 Å². The summed E-state index contributed by atoms with van der Waals surface area (Å²) in [5.74, 6) is -0.165. The van der Waals surface area contributed by atoms with E-state index in [0.717, 1.165) is 11.1 Å². The highest BCUT2D eigenvalue weighted by atomic mass is 35.5. The van der Waals surface area contributed by atoms with Crippen molar-refractivity contribution in [3.8, 4) is 0 Å². The Balaban J connectivity index is 2.05. The maximum Gasteiger partial charge on any atom is 0.251 e. The van der Waals surface area contributed by atoms with Gasteiger partial charge in [0.1, 0.15) is 0 Å². The van der Waals surface area contributed by atoms with Crippen molar-refractivity contribution in [3.63, 3.8) is 0 Å². The summed E-state index contributed by atoms with van der Waals surface area (Å²) in [6, 6.07) is 12.7. The number of amides is 1. The second kappa shape index (κ2) is 6.09. The van der Waals surface area contributed by atoms with Crippen LogP contribution in [0.15, 0.2) is 42.5 Å². The first kappa shape index (κ1) is 13.9. The SMILES string of the molecule is Cc1ccc(C(=O)NCc2ccccc2Cl)cc1Cl. The van der Waals surface area contributed by atoms with Crippen LogP contribution in [0.5, 0.6) is 0 Å². The van der Waals surface area contributed by atoms with E-state index >= 15 is 0 Å². The Bertz CT molecular complexity index is 611. The minimum Gasteiger partial charge on any atom is -0.348 e. The molecule has 0 unspecified atom stereocenters. The van der Waals surface area contributed by atoms with Gasteiger partial charge in [-0.25, -0.2) is 0 Å². The van der Waals surface area contributed by atoms with Crippen LogP contribution in [0.4, 0.5) is 0 Å². The Morgan fingerprint density at radius 1 is 1.11 bits per heavy atom. The van der Waals surface area contributed by atoms with Crippen LogP contribution in [0.2, 0.25) is 10.0 Å². The molecule has 0 bridgehead atoms. The Hall–Kier alpha value is -1.51. The smallest absolute Gasteiger partial charge is 0.251 e. The average Bonchev–Trinajstić information content (AvgIpc) is 2.40. The fourth-order valence-electron chi connectivity index (χ4n) is 1.65. The fourth-order valence-corrected chi connectivity index (χ4v) is 2.04. The van der Waals surface area contributed by atoms with Gasteiger partial charge in [-0.2, -0.15) is 0 Å². The van der Waals surface area contributed by atoms with Crippen molar-refractivity contribution in [1.82, 2.24) is 5.32 Å².